The molecule has 11 heteroatoms. The molecular formula is C22H17Cl2N3O5S. The number of ether oxygens (including phenoxy) is 1. The van der Waals surface area contributed by atoms with E-state index in [1.807, 2.05) is 0 Å². The summed E-state index contributed by atoms with van der Waals surface area (Å²) < 4.78 is 7.24. The predicted octanol–water partition coefficient (Wildman–Crippen LogP) is 3.97. The first-order valence-electron chi connectivity index (χ1n) is 9.98. The van der Waals surface area contributed by atoms with Crippen LogP contribution in [-0.4, -0.2) is 34.9 Å². The number of nitrogens with zero attached hydrogens (tertiary/aromatic N) is 3. The third-order valence-electron chi connectivity index (χ3n) is 4.95. The number of thiazole rings is 1. The standard InChI is InChI=1S/C22H17Cl2N3O5S/c1-2-32-18(30)11-26-20-15(8-7-14(23)19(20)24)33-22(26)25-21(31)12-3-5-13(6-4-12)27-16(28)9-10-17(27)29/h3-8H,2,9-11H2,1H3. The predicted molar refractivity (Wildman–Crippen MR) is 125 cm³/mol. The summed E-state index contributed by atoms with van der Waals surface area (Å²) >= 11 is 13.7. The number of fused-ring (bicyclic) bond motifs is 1. The molecule has 1 aliphatic heterocycles. The Bertz CT molecular complexity index is 1340. The number of carbonyl (C=O) groups excluding carboxylic acids is 4. The van der Waals surface area contributed by atoms with E-state index in [9.17, 15) is 19.2 Å². The fourth-order valence-corrected chi connectivity index (χ4v) is 4.95. The number of hydrogen-bond donors (Lipinski definition) is 0. The van der Waals surface area contributed by atoms with Crippen LogP contribution in [0.3, 0.4) is 0 Å². The number of hydrogen-bond acceptors (Lipinski definition) is 6. The van der Waals surface area contributed by atoms with Crippen molar-refractivity contribution in [2.24, 2.45) is 4.99 Å². The van der Waals surface area contributed by atoms with Crippen LogP contribution in [0.25, 0.3) is 10.2 Å². The largest absolute Gasteiger partial charge is 0.465 e. The third-order valence-corrected chi connectivity index (χ3v) is 6.79. The average molecular weight is 506 g/mol. The summed E-state index contributed by atoms with van der Waals surface area (Å²) in [5, 5.41) is 0.548. The summed E-state index contributed by atoms with van der Waals surface area (Å²) in [6.45, 7) is 1.70. The minimum absolute atomic E-state index is 0.174. The van der Waals surface area contributed by atoms with Gasteiger partial charge in [0.1, 0.15) is 6.54 Å². The smallest absolute Gasteiger partial charge is 0.326 e. The van der Waals surface area contributed by atoms with E-state index in [0.717, 1.165) is 4.90 Å². The molecule has 3 amide bonds. The van der Waals surface area contributed by atoms with Crippen LogP contribution in [0.15, 0.2) is 41.4 Å². The van der Waals surface area contributed by atoms with Crippen LogP contribution in [0, 0.1) is 0 Å². The van der Waals surface area contributed by atoms with E-state index in [4.69, 9.17) is 27.9 Å². The van der Waals surface area contributed by atoms with Gasteiger partial charge in [0.2, 0.25) is 11.8 Å². The van der Waals surface area contributed by atoms with Crippen molar-refractivity contribution < 1.29 is 23.9 Å². The monoisotopic (exact) mass is 505 g/mol. The lowest BCUT2D eigenvalue weighted by atomic mass is 10.2. The third kappa shape index (κ3) is 4.57. The highest BCUT2D eigenvalue weighted by atomic mass is 35.5. The summed E-state index contributed by atoms with van der Waals surface area (Å²) in [6.07, 6.45) is 0.349. The second kappa shape index (κ2) is 9.46. The maximum atomic E-state index is 12.9. The van der Waals surface area contributed by atoms with Crippen LogP contribution < -0.4 is 9.70 Å². The molecule has 2 heterocycles. The second-order valence-corrected chi connectivity index (χ2v) is 8.86. The normalized spacial score (nSPS) is 14.4. The van der Waals surface area contributed by atoms with Gasteiger partial charge in [-0.25, -0.2) is 0 Å². The zero-order valence-electron chi connectivity index (χ0n) is 17.3. The highest BCUT2D eigenvalue weighted by molar-refractivity contribution is 7.16. The second-order valence-electron chi connectivity index (χ2n) is 7.07. The first-order chi connectivity index (χ1) is 15.8. The van der Waals surface area contributed by atoms with Crippen molar-refractivity contribution in [3.63, 3.8) is 0 Å². The van der Waals surface area contributed by atoms with Gasteiger partial charge in [0, 0.05) is 18.4 Å². The van der Waals surface area contributed by atoms with Gasteiger partial charge in [0.25, 0.3) is 5.91 Å². The summed E-state index contributed by atoms with van der Waals surface area (Å²) in [4.78, 5) is 54.4. The lowest BCUT2D eigenvalue weighted by Gasteiger charge is -2.13. The number of anilines is 1. The van der Waals surface area contributed by atoms with Gasteiger partial charge in [-0.3, -0.25) is 24.1 Å². The van der Waals surface area contributed by atoms with Gasteiger partial charge in [0.05, 0.1) is 32.6 Å². The number of esters is 1. The van der Waals surface area contributed by atoms with E-state index in [1.165, 1.54) is 40.2 Å². The van der Waals surface area contributed by atoms with Gasteiger partial charge in [0.15, 0.2) is 4.80 Å². The molecule has 1 aromatic heterocycles. The fourth-order valence-electron chi connectivity index (χ4n) is 3.44. The highest BCUT2D eigenvalue weighted by Crippen LogP contribution is 2.32. The lowest BCUT2D eigenvalue weighted by Crippen LogP contribution is -2.28. The molecule has 33 heavy (non-hydrogen) atoms. The number of amides is 3. The molecule has 0 aliphatic carbocycles. The molecule has 0 N–H and O–H groups in total. The van der Waals surface area contributed by atoms with Gasteiger partial charge < -0.3 is 9.30 Å². The van der Waals surface area contributed by atoms with Crippen LogP contribution in [-0.2, 0) is 25.7 Å². The van der Waals surface area contributed by atoms with Crippen LogP contribution in [0.2, 0.25) is 10.0 Å². The Morgan fingerprint density at radius 3 is 2.36 bits per heavy atom. The Morgan fingerprint density at radius 2 is 1.73 bits per heavy atom. The van der Waals surface area contributed by atoms with Gasteiger partial charge in [-0.05, 0) is 43.3 Å². The minimum atomic E-state index is -0.563. The molecule has 1 saturated heterocycles. The Labute approximate surface area is 202 Å². The molecule has 3 aromatic rings. The van der Waals surface area contributed by atoms with Gasteiger partial charge in [-0.1, -0.05) is 34.5 Å². The molecule has 0 saturated carbocycles. The van der Waals surface area contributed by atoms with Crippen molar-refractivity contribution in [3.05, 3.63) is 56.8 Å². The molecule has 1 fully saturated rings. The number of aromatic nitrogens is 1. The molecule has 4 rings (SSSR count). The SMILES string of the molecule is CCOC(=O)Cn1c(=NC(=O)c2ccc(N3C(=O)CCC3=O)cc2)sc2ccc(Cl)c(Cl)c21. The molecule has 0 bridgehead atoms. The van der Waals surface area contributed by atoms with Crippen molar-refractivity contribution >= 4 is 74.1 Å². The Morgan fingerprint density at radius 1 is 1.06 bits per heavy atom. The minimum Gasteiger partial charge on any atom is -0.465 e. The Kier molecular flexibility index (Phi) is 6.64. The number of rotatable bonds is 5. The van der Waals surface area contributed by atoms with Crippen molar-refractivity contribution in [3.8, 4) is 0 Å². The highest BCUT2D eigenvalue weighted by Gasteiger charge is 2.30. The van der Waals surface area contributed by atoms with Crippen molar-refractivity contribution in [1.82, 2.24) is 4.57 Å². The number of halogens is 2. The van der Waals surface area contributed by atoms with Gasteiger partial charge >= 0.3 is 5.97 Å². The number of carbonyl (C=O) groups is 4. The quantitative estimate of drug-likeness (QED) is 0.386. The molecule has 2 aromatic carbocycles. The number of imide groups is 1. The van der Waals surface area contributed by atoms with Crippen molar-refractivity contribution in [2.75, 3.05) is 11.5 Å². The molecular weight excluding hydrogens is 489 g/mol. The van der Waals surface area contributed by atoms with Gasteiger partial charge in [-0.2, -0.15) is 4.99 Å². The maximum absolute atomic E-state index is 12.9. The van der Waals surface area contributed by atoms with Crippen molar-refractivity contribution in [2.45, 2.75) is 26.3 Å². The molecule has 170 valence electrons. The summed E-state index contributed by atoms with van der Waals surface area (Å²) in [5.41, 5.74) is 1.14. The van der Waals surface area contributed by atoms with Gasteiger partial charge in [-0.15, -0.1) is 0 Å². The molecule has 0 spiro atoms. The van der Waals surface area contributed by atoms with E-state index in [1.54, 1.807) is 19.1 Å². The Hall–Kier alpha value is -3.01. The lowest BCUT2D eigenvalue weighted by molar-refractivity contribution is -0.143. The zero-order chi connectivity index (χ0) is 23.7. The zero-order valence-corrected chi connectivity index (χ0v) is 19.7. The molecule has 0 radical (unpaired) electrons. The van der Waals surface area contributed by atoms with E-state index in [2.05, 4.69) is 4.99 Å². The molecule has 8 nitrogen and oxygen atoms in total. The van der Waals surface area contributed by atoms with E-state index < -0.39 is 11.9 Å². The Balaban J connectivity index is 1.73. The van der Waals surface area contributed by atoms with E-state index in [0.29, 0.717) is 20.9 Å². The average Bonchev–Trinajstić information content (AvgIpc) is 3.30. The van der Waals surface area contributed by atoms with Crippen LogP contribution in [0.5, 0.6) is 0 Å². The fraction of sp³-hybridized carbons (Fsp3) is 0.227. The molecule has 0 unspecified atom stereocenters. The summed E-state index contributed by atoms with van der Waals surface area (Å²) in [6, 6.07) is 9.40. The van der Waals surface area contributed by atoms with Crippen LogP contribution in [0.4, 0.5) is 5.69 Å². The summed E-state index contributed by atoms with van der Waals surface area (Å²) in [5.74, 6) is -1.62. The molecule has 1 aliphatic rings. The maximum Gasteiger partial charge on any atom is 0.326 e. The first kappa shape index (κ1) is 23.2. The molecule has 0 atom stereocenters. The topological polar surface area (TPSA) is 98.0 Å². The van der Waals surface area contributed by atoms with Crippen LogP contribution in [0.1, 0.15) is 30.1 Å². The van der Waals surface area contributed by atoms with E-state index >= 15 is 0 Å². The summed E-state index contributed by atoms with van der Waals surface area (Å²) in [7, 11) is 0. The first-order valence-corrected chi connectivity index (χ1v) is 11.5. The number of benzene rings is 2. The van der Waals surface area contributed by atoms with Crippen molar-refractivity contribution in [1.29, 1.82) is 0 Å². The van der Waals surface area contributed by atoms with Crippen LogP contribution >= 0.6 is 34.5 Å². The van der Waals surface area contributed by atoms with E-state index in [-0.39, 0.29) is 53.2 Å².